The Morgan fingerprint density at radius 1 is 1.36 bits per heavy atom. The first-order valence-corrected chi connectivity index (χ1v) is 4.37. The summed E-state index contributed by atoms with van der Waals surface area (Å²) in [6, 6.07) is 0. The normalized spacial score (nSPS) is 14.0. The molecule has 0 aliphatic rings. The summed E-state index contributed by atoms with van der Waals surface area (Å²) >= 11 is 0. The van der Waals surface area contributed by atoms with Crippen molar-refractivity contribution in [1.82, 2.24) is 4.90 Å². The average molecular weight is 183 g/mol. The molecule has 0 saturated carbocycles. The molecule has 5 nitrogen and oxygen atoms in total. The van der Waals surface area contributed by atoms with E-state index < -0.39 is 16.1 Å². The lowest BCUT2D eigenvalue weighted by molar-refractivity contribution is -0.0260. The lowest BCUT2D eigenvalue weighted by Gasteiger charge is -2.29. The maximum absolute atomic E-state index is 10.3. The highest BCUT2D eigenvalue weighted by atomic mass is 32.3. The smallest absolute Gasteiger partial charge is 0.281 e. The van der Waals surface area contributed by atoms with E-state index in [1.807, 2.05) is 0 Å². The van der Waals surface area contributed by atoms with E-state index in [0.717, 1.165) is 0 Å². The van der Waals surface area contributed by atoms with Crippen molar-refractivity contribution in [1.29, 1.82) is 0 Å². The topological polar surface area (TPSA) is 66.8 Å². The Balaban J connectivity index is 4.38. The summed E-state index contributed by atoms with van der Waals surface area (Å²) in [6.45, 7) is 3.06. The third-order valence-corrected chi connectivity index (χ3v) is 2.00. The molecular formula is C5H13NO4S. The van der Waals surface area contributed by atoms with Crippen LogP contribution in [0.4, 0.5) is 0 Å². The van der Waals surface area contributed by atoms with Gasteiger partial charge in [0.1, 0.15) is 5.72 Å². The standard InChI is InChI=1S/C5H13NO4S/c1-5(2,6(3)4)10-11(7,8)9/h1-4H3,(H,7,8,9). The van der Waals surface area contributed by atoms with E-state index in [4.69, 9.17) is 4.55 Å². The van der Waals surface area contributed by atoms with Crippen LogP contribution in [0.25, 0.3) is 0 Å². The van der Waals surface area contributed by atoms with E-state index in [1.165, 1.54) is 18.7 Å². The van der Waals surface area contributed by atoms with Gasteiger partial charge < -0.3 is 0 Å². The van der Waals surface area contributed by atoms with Gasteiger partial charge in [0, 0.05) is 0 Å². The van der Waals surface area contributed by atoms with Crippen molar-refractivity contribution in [3.8, 4) is 0 Å². The predicted molar refractivity (Wildman–Crippen MR) is 40.4 cm³/mol. The third-order valence-electron chi connectivity index (χ3n) is 1.39. The highest BCUT2D eigenvalue weighted by Gasteiger charge is 2.27. The van der Waals surface area contributed by atoms with Crippen molar-refractivity contribution in [2.24, 2.45) is 0 Å². The molecule has 1 N–H and O–H groups in total. The van der Waals surface area contributed by atoms with Crippen molar-refractivity contribution >= 4 is 10.4 Å². The van der Waals surface area contributed by atoms with Gasteiger partial charge in [-0.25, -0.2) is 4.18 Å². The fraction of sp³-hybridized carbons (Fsp3) is 1.00. The van der Waals surface area contributed by atoms with Crippen molar-refractivity contribution < 1.29 is 17.2 Å². The summed E-state index contributed by atoms with van der Waals surface area (Å²) in [5, 5.41) is 0. The van der Waals surface area contributed by atoms with E-state index >= 15 is 0 Å². The Kier molecular flexibility index (Phi) is 3.01. The van der Waals surface area contributed by atoms with Gasteiger partial charge in [0.2, 0.25) is 0 Å². The SMILES string of the molecule is CN(C)C(C)(C)OS(=O)(=O)O. The van der Waals surface area contributed by atoms with Crippen molar-refractivity contribution in [3.63, 3.8) is 0 Å². The number of rotatable bonds is 3. The average Bonchev–Trinajstić information content (AvgIpc) is 1.56. The summed E-state index contributed by atoms with van der Waals surface area (Å²) in [7, 11) is -1.08. The number of hydrogen-bond acceptors (Lipinski definition) is 4. The fourth-order valence-corrected chi connectivity index (χ4v) is 0.997. The Morgan fingerprint density at radius 2 is 1.73 bits per heavy atom. The summed E-state index contributed by atoms with van der Waals surface area (Å²) < 4.78 is 33.2. The van der Waals surface area contributed by atoms with Gasteiger partial charge in [-0.3, -0.25) is 9.45 Å². The molecule has 11 heavy (non-hydrogen) atoms. The van der Waals surface area contributed by atoms with Gasteiger partial charge in [-0.05, 0) is 27.9 Å². The lowest BCUT2D eigenvalue weighted by Crippen LogP contribution is -2.42. The van der Waals surface area contributed by atoms with Crippen LogP contribution in [-0.2, 0) is 14.6 Å². The molecule has 0 aromatic heterocycles. The van der Waals surface area contributed by atoms with E-state index in [0.29, 0.717) is 0 Å². The molecule has 0 aliphatic heterocycles. The Labute approximate surface area is 66.9 Å². The highest BCUT2D eigenvalue weighted by molar-refractivity contribution is 7.80. The van der Waals surface area contributed by atoms with Gasteiger partial charge in [-0.1, -0.05) is 0 Å². The fourth-order valence-electron chi connectivity index (χ4n) is 0.332. The summed E-state index contributed by atoms with van der Waals surface area (Å²) in [6.07, 6.45) is 0. The maximum Gasteiger partial charge on any atom is 0.399 e. The summed E-state index contributed by atoms with van der Waals surface area (Å²) in [5.41, 5.74) is -1.02. The minimum absolute atomic E-state index is 1.02. The van der Waals surface area contributed by atoms with Crippen molar-refractivity contribution in [2.45, 2.75) is 19.6 Å². The molecule has 0 amide bonds. The summed E-state index contributed by atoms with van der Waals surface area (Å²) in [4.78, 5) is 1.53. The number of nitrogens with zero attached hydrogens (tertiary/aromatic N) is 1. The van der Waals surface area contributed by atoms with Crippen LogP contribution in [0.15, 0.2) is 0 Å². The first-order valence-electron chi connectivity index (χ1n) is 3.00. The molecule has 0 bridgehead atoms. The van der Waals surface area contributed by atoms with Gasteiger partial charge in [-0.2, -0.15) is 8.42 Å². The highest BCUT2D eigenvalue weighted by Crippen LogP contribution is 2.13. The summed E-state index contributed by atoms with van der Waals surface area (Å²) in [5.74, 6) is 0. The van der Waals surface area contributed by atoms with Crippen LogP contribution >= 0.6 is 0 Å². The minimum atomic E-state index is -4.37. The molecule has 0 rings (SSSR count). The Morgan fingerprint density at radius 3 is 1.82 bits per heavy atom. The second-order valence-electron chi connectivity index (χ2n) is 2.85. The zero-order valence-corrected chi connectivity index (χ0v) is 7.84. The van der Waals surface area contributed by atoms with Gasteiger partial charge in [0.05, 0.1) is 0 Å². The first kappa shape index (κ1) is 10.8. The maximum atomic E-state index is 10.3. The van der Waals surface area contributed by atoms with Crippen LogP contribution in [-0.4, -0.2) is 37.7 Å². The van der Waals surface area contributed by atoms with E-state index in [9.17, 15) is 8.42 Å². The zero-order valence-electron chi connectivity index (χ0n) is 7.03. The van der Waals surface area contributed by atoms with Gasteiger partial charge in [0.25, 0.3) is 0 Å². The minimum Gasteiger partial charge on any atom is -0.281 e. The molecule has 0 aromatic rings. The number of hydrogen-bond donors (Lipinski definition) is 1. The molecule has 0 atom stereocenters. The largest absolute Gasteiger partial charge is 0.399 e. The van der Waals surface area contributed by atoms with E-state index in [-0.39, 0.29) is 0 Å². The third kappa shape index (κ3) is 4.31. The van der Waals surface area contributed by atoms with Crippen LogP contribution in [0.2, 0.25) is 0 Å². The first-order chi connectivity index (χ1) is 4.65. The van der Waals surface area contributed by atoms with E-state index in [2.05, 4.69) is 4.18 Å². The van der Waals surface area contributed by atoms with Crippen LogP contribution in [0.3, 0.4) is 0 Å². The van der Waals surface area contributed by atoms with Crippen LogP contribution < -0.4 is 0 Å². The molecule has 0 aromatic carbocycles. The molecule has 0 radical (unpaired) electrons. The molecule has 0 saturated heterocycles. The monoisotopic (exact) mass is 183 g/mol. The molecule has 6 heteroatoms. The van der Waals surface area contributed by atoms with Gasteiger partial charge in [0.15, 0.2) is 0 Å². The van der Waals surface area contributed by atoms with Gasteiger partial charge in [-0.15, -0.1) is 0 Å². The molecule has 68 valence electrons. The van der Waals surface area contributed by atoms with Crippen LogP contribution in [0, 0.1) is 0 Å². The van der Waals surface area contributed by atoms with Crippen molar-refractivity contribution in [2.75, 3.05) is 14.1 Å². The Bertz CT molecular complexity index is 219. The van der Waals surface area contributed by atoms with Crippen molar-refractivity contribution in [3.05, 3.63) is 0 Å². The molecule has 0 aliphatic carbocycles. The zero-order chi connectivity index (χ0) is 9.28. The second kappa shape index (κ2) is 3.06. The lowest BCUT2D eigenvalue weighted by atomic mass is 10.3. The molecular weight excluding hydrogens is 170 g/mol. The Hall–Kier alpha value is -0.170. The van der Waals surface area contributed by atoms with E-state index in [1.54, 1.807) is 14.1 Å². The van der Waals surface area contributed by atoms with Gasteiger partial charge >= 0.3 is 10.4 Å². The molecule has 0 heterocycles. The second-order valence-corrected chi connectivity index (χ2v) is 3.87. The van der Waals surface area contributed by atoms with Crippen LogP contribution in [0.1, 0.15) is 13.8 Å². The quantitative estimate of drug-likeness (QED) is 0.496. The molecule has 0 spiro atoms. The molecule has 0 unspecified atom stereocenters. The molecule has 0 fully saturated rings. The predicted octanol–water partition coefficient (Wildman–Crippen LogP) is 0.104. The van der Waals surface area contributed by atoms with Crippen LogP contribution in [0.5, 0.6) is 0 Å².